The molecule has 1 aromatic rings. The van der Waals surface area contributed by atoms with Crippen molar-refractivity contribution in [2.75, 3.05) is 53.0 Å². The summed E-state index contributed by atoms with van der Waals surface area (Å²) in [5.74, 6) is -0.478. The van der Waals surface area contributed by atoms with E-state index in [0.29, 0.717) is 63.6 Å². The quantitative estimate of drug-likeness (QED) is 0.328. The lowest BCUT2D eigenvalue weighted by Crippen LogP contribution is -2.59. The van der Waals surface area contributed by atoms with Gasteiger partial charge in [0.15, 0.2) is 0 Å². The van der Waals surface area contributed by atoms with Crippen LogP contribution in [0.15, 0.2) is 30.3 Å². The SMILES string of the molecule is CN1CCC(N[C@@H]2CCN3C(=O)C[C@H](CCCCNC(=O)c4ccccc4)NC(=O)C4(CCOCC4)CNC(=O)[C@@H]3C2)CC1. The first kappa shape index (κ1) is 32.4. The summed E-state index contributed by atoms with van der Waals surface area (Å²) in [6.45, 7) is 4.33. The number of piperidine rings is 2. The molecule has 0 saturated carbocycles. The number of likely N-dealkylation sites (tertiary alicyclic amines) is 1. The van der Waals surface area contributed by atoms with Crippen molar-refractivity contribution in [3.8, 4) is 0 Å². The number of unbranched alkanes of at least 4 members (excludes halogenated alkanes) is 1. The van der Waals surface area contributed by atoms with Crippen molar-refractivity contribution in [3.05, 3.63) is 35.9 Å². The molecule has 4 aliphatic heterocycles. The van der Waals surface area contributed by atoms with Crippen molar-refractivity contribution >= 4 is 23.6 Å². The van der Waals surface area contributed by atoms with Crippen LogP contribution in [0.1, 0.15) is 74.6 Å². The van der Waals surface area contributed by atoms with Crippen molar-refractivity contribution in [3.63, 3.8) is 0 Å². The fourth-order valence-corrected chi connectivity index (χ4v) is 7.09. The Hall–Kier alpha value is -3.02. The number of amides is 4. The second-order valence-corrected chi connectivity index (χ2v) is 13.2. The predicted molar refractivity (Wildman–Crippen MR) is 167 cm³/mol. The van der Waals surface area contributed by atoms with Crippen LogP contribution in [0.3, 0.4) is 0 Å². The molecule has 4 saturated heterocycles. The van der Waals surface area contributed by atoms with E-state index in [-0.39, 0.29) is 48.7 Å². The molecule has 11 heteroatoms. The lowest BCUT2D eigenvalue weighted by atomic mass is 9.78. The molecule has 4 amide bonds. The summed E-state index contributed by atoms with van der Waals surface area (Å²) >= 11 is 0. The Morgan fingerprint density at radius 3 is 2.48 bits per heavy atom. The highest BCUT2D eigenvalue weighted by molar-refractivity contribution is 5.94. The fourth-order valence-electron chi connectivity index (χ4n) is 7.09. The maximum absolute atomic E-state index is 13.8. The molecule has 4 fully saturated rings. The molecule has 0 radical (unpaired) electrons. The summed E-state index contributed by atoms with van der Waals surface area (Å²) in [6, 6.07) is 8.82. The van der Waals surface area contributed by atoms with E-state index in [1.54, 1.807) is 17.0 Å². The molecule has 4 aliphatic rings. The van der Waals surface area contributed by atoms with Crippen LogP contribution in [-0.2, 0) is 19.1 Å². The van der Waals surface area contributed by atoms with Crippen molar-refractivity contribution in [1.29, 1.82) is 0 Å². The number of carbonyl (C=O) groups is 4. The number of benzene rings is 1. The van der Waals surface area contributed by atoms with E-state index in [4.69, 9.17) is 4.74 Å². The average molecular weight is 611 g/mol. The Labute approximate surface area is 261 Å². The molecule has 4 N–H and O–H groups in total. The largest absolute Gasteiger partial charge is 0.381 e. The molecule has 1 aromatic carbocycles. The molecule has 3 atom stereocenters. The number of nitrogens with one attached hydrogen (secondary N) is 4. The van der Waals surface area contributed by atoms with E-state index in [9.17, 15) is 19.2 Å². The number of carbonyl (C=O) groups excluding carboxylic acids is 4. The molecule has 0 unspecified atom stereocenters. The summed E-state index contributed by atoms with van der Waals surface area (Å²) in [4.78, 5) is 57.7. The number of hydrogen-bond donors (Lipinski definition) is 4. The van der Waals surface area contributed by atoms with Crippen LogP contribution in [0.25, 0.3) is 0 Å². The minimum absolute atomic E-state index is 0.0894. The van der Waals surface area contributed by atoms with Crippen LogP contribution in [0.4, 0.5) is 0 Å². The molecule has 242 valence electrons. The monoisotopic (exact) mass is 610 g/mol. The number of fused-ring (bicyclic) bond motifs is 1. The molecule has 0 aromatic heterocycles. The van der Waals surface area contributed by atoms with Gasteiger partial charge in [-0.3, -0.25) is 19.2 Å². The zero-order valence-corrected chi connectivity index (χ0v) is 26.2. The third-order valence-electron chi connectivity index (χ3n) is 10.0. The third kappa shape index (κ3) is 8.37. The van der Waals surface area contributed by atoms with E-state index in [2.05, 4.69) is 33.2 Å². The summed E-state index contributed by atoms with van der Waals surface area (Å²) in [7, 11) is 2.15. The second-order valence-electron chi connectivity index (χ2n) is 13.2. The molecule has 44 heavy (non-hydrogen) atoms. The highest BCUT2D eigenvalue weighted by atomic mass is 16.5. The molecule has 11 nitrogen and oxygen atoms in total. The summed E-state index contributed by atoms with van der Waals surface area (Å²) in [5.41, 5.74) is -0.132. The van der Waals surface area contributed by atoms with Crippen LogP contribution in [0, 0.1) is 5.41 Å². The summed E-state index contributed by atoms with van der Waals surface area (Å²) in [6.07, 6.45) is 6.86. The van der Waals surface area contributed by atoms with Crippen LogP contribution in [0.5, 0.6) is 0 Å². The number of hydrogen-bond acceptors (Lipinski definition) is 7. The standard InChI is InChI=1S/C33H50N6O5/c1-38-16-10-25(11-17-38)36-27-12-18-39-28(21-27)31(42)35-23-33(13-19-44-20-14-33)32(43)37-26(22-29(39)40)9-5-6-15-34-30(41)24-7-3-2-4-8-24/h2-4,7-8,25-28,36H,5-6,9-23H2,1H3,(H,34,41)(H,35,42)(H,37,43)/t26-,27+,28-/m0/s1. The van der Waals surface area contributed by atoms with E-state index in [1.165, 1.54) is 0 Å². The second kappa shape index (κ2) is 15.3. The zero-order valence-electron chi connectivity index (χ0n) is 26.2. The predicted octanol–water partition coefficient (Wildman–Crippen LogP) is 1.43. The van der Waals surface area contributed by atoms with E-state index in [1.807, 2.05) is 18.2 Å². The van der Waals surface area contributed by atoms with Gasteiger partial charge in [-0.2, -0.15) is 0 Å². The number of rotatable bonds is 8. The first-order chi connectivity index (χ1) is 21.3. The maximum Gasteiger partial charge on any atom is 0.251 e. The topological polar surface area (TPSA) is 132 Å². The smallest absolute Gasteiger partial charge is 0.251 e. The molecular weight excluding hydrogens is 560 g/mol. The number of ether oxygens (including phenoxy) is 1. The van der Waals surface area contributed by atoms with E-state index >= 15 is 0 Å². The van der Waals surface area contributed by atoms with E-state index < -0.39 is 11.5 Å². The van der Waals surface area contributed by atoms with Gasteiger partial charge >= 0.3 is 0 Å². The van der Waals surface area contributed by atoms with Crippen molar-refractivity contribution in [2.24, 2.45) is 5.41 Å². The van der Waals surface area contributed by atoms with Crippen LogP contribution in [-0.4, -0.2) is 111 Å². The normalized spacial score (nSPS) is 27.2. The Morgan fingerprint density at radius 2 is 1.73 bits per heavy atom. The Kier molecular flexibility index (Phi) is 11.3. The first-order valence-electron chi connectivity index (χ1n) is 16.6. The molecule has 1 spiro atoms. The van der Waals surface area contributed by atoms with Crippen molar-refractivity contribution < 1.29 is 23.9 Å². The summed E-state index contributed by atoms with van der Waals surface area (Å²) < 4.78 is 5.59. The van der Waals surface area contributed by atoms with Crippen LogP contribution < -0.4 is 21.3 Å². The maximum atomic E-state index is 13.8. The van der Waals surface area contributed by atoms with Gasteiger partial charge in [-0.1, -0.05) is 18.2 Å². The molecule has 4 heterocycles. The van der Waals surface area contributed by atoms with Gasteiger partial charge in [-0.25, -0.2) is 0 Å². The Morgan fingerprint density at radius 1 is 1.00 bits per heavy atom. The van der Waals surface area contributed by atoms with Crippen LogP contribution >= 0.6 is 0 Å². The van der Waals surface area contributed by atoms with Crippen molar-refractivity contribution in [1.82, 2.24) is 31.1 Å². The average Bonchev–Trinajstić information content (AvgIpc) is 3.05. The van der Waals surface area contributed by atoms with Gasteiger partial charge in [0.25, 0.3) is 5.91 Å². The molecule has 5 rings (SSSR count). The molecule has 0 bridgehead atoms. The minimum atomic E-state index is -0.755. The van der Waals surface area contributed by atoms with Gasteiger partial charge in [0.2, 0.25) is 17.7 Å². The molecular formula is C33H50N6O5. The lowest BCUT2D eigenvalue weighted by Gasteiger charge is -2.41. The zero-order chi connectivity index (χ0) is 30.9. The Balaban J connectivity index is 1.23. The highest BCUT2D eigenvalue weighted by Gasteiger charge is 2.44. The van der Waals surface area contributed by atoms with Gasteiger partial charge in [-0.05, 0) is 90.1 Å². The lowest BCUT2D eigenvalue weighted by molar-refractivity contribution is -0.143. The van der Waals surface area contributed by atoms with Gasteiger partial charge in [0.1, 0.15) is 6.04 Å². The van der Waals surface area contributed by atoms with Crippen LogP contribution in [0.2, 0.25) is 0 Å². The first-order valence-corrected chi connectivity index (χ1v) is 16.6. The van der Waals surface area contributed by atoms with Gasteiger partial charge in [0.05, 0.1) is 5.41 Å². The summed E-state index contributed by atoms with van der Waals surface area (Å²) in [5, 5.41) is 13.1. The van der Waals surface area contributed by atoms with Gasteiger partial charge < -0.3 is 35.8 Å². The van der Waals surface area contributed by atoms with Gasteiger partial charge in [-0.15, -0.1) is 0 Å². The third-order valence-corrected chi connectivity index (χ3v) is 10.0. The van der Waals surface area contributed by atoms with Gasteiger partial charge in [0, 0.05) is 63.0 Å². The van der Waals surface area contributed by atoms with Crippen molar-refractivity contribution in [2.45, 2.75) is 88.4 Å². The minimum Gasteiger partial charge on any atom is -0.381 e. The fraction of sp³-hybridized carbons (Fsp3) is 0.697. The molecule has 0 aliphatic carbocycles. The van der Waals surface area contributed by atoms with E-state index in [0.717, 1.165) is 45.2 Å². The Bertz CT molecular complexity index is 1130. The highest BCUT2D eigenvalue weighted by Crippen LogP contribution is 2.32. The number of nitrogens with zero attached hydrogens (tertiary/aromatic N) is 2.